The summed E-state index contributed by atoms with van der Waals surface area (Å²) < 4.78 is 0. The molecule has 1 unspecified atom stereocenters. The minimum absolute atomic E-state index is 0.0945. The summed E-state index contributed by atoms with van der Waals surface area (Å²) in [6.07, 6.45) is 3.21. The Kier molecular flexibility index (Phi) is 6.34. The van der Waals surface area contributed by atoms with Gasteiger partial charge in [-0.1, -0.05) is 54.1 Å². The van der Waals surface area contributed by atoms with Gasteiger partial charge in [-0.15, -0.1) is 0 Å². The highest BCUT2D eigenvalue weighted by Crippen LogP contribution is 2.20. The van der Waals surface area contributed by atoms with Crippen LogP contribution in [0.5, 0.6) is 0 Å². The normalized spacial score (nSPS) is 11.6. The average molecular weight is 396 g/mol. The van der Waals surface area contributed by atoms with Gasteiger partial charge >= 0.3 is 5.97 Å². The predicted octanol–water partition coefficient (Wildman–Crippen LogP) is 3.61. The molecule has 3 rings (SSSR count). The Balaban J connectivity index is 1.91. The van der Waals surface area contributed by atoms with E-state index in [-0.39, 0.29) is 13.0 Å². The van der Waals surface area contributed by atoms with E-state index < -0.39 is 17.8 Å². The fourth-order valence-electron chi connectivity index (χ4n) is 2.79. The van der Waals surface area contributed by atoms with Crippen LogP contribution in [0, 0.1) is 5.92 Å². The lowest BCUT2D eigenvalue weighted by atomic mass is 9.97. The molecule has 0 radical (unpaired) electrons. The second kappa shape index (κ2) is 9.10. The molecule has 6 nitrogen and oxygen atoms in total. The summed E-state index contributed by atoms with van der Waals surface area (Å²) in [6.45, 7) is 0.137. The molecule has 1 atom stereocenters. The first kappa shape index (κ1) is 19.5. The second-order valence-electron chi connectivity index (χ2n) is 6.18. The van der Waals surface area contributed by atoms with Crippen molar-refractivity contribution >= 4 is 29.3 Å². The molecule has 0 aliphatic rings. The lowest BCUT2D eigenvalue weighted by Crippen LogP contribution is -2.40. The van der Waals surface area contributed by atoms with Gasteiger partial charge < -0.3 is 5.11 Å². The van der Waals surface area contributed by atoms with Crippen molar-refractivity contribution in [2.24, 2.45) is 5.92 Å². The zero-order chi connectivity index (χ0) is 19.9. The highest BCUT2D eigenvalue weighted by Gasteiger charge is 2.32. The number of amides is 1. The summed E-state index contributed by atoms with van der Waals surface area (Å²) in [4.78, 5) is 34.7. The maximum atomic E-state index is 13.2. The van der Waals surface area contributed by atoms with Gasteiger partial charge in [0.25, 0.3) is 0 Å². The maximum Gasteiger partial charge on any atom is 0.316 e. The molecular formula is C21H18ClN3O3. The molecule has 1 N–H and O–H groups in total. The molecule has 142 valence electrons. The maximum absolute atomic E-state index is 13.2. The van der Waals surface area contributed by atoms with Crippen LogP contribution in [0.15, 0.2) is 73.1 Å². The summed E-state index contributed by atoms with van der Waals surface area (Å²) in [5.74, 6) is -2.57. The van der Waals surface area contributed by atoms with E-state index in [4.69, 9.17) is 11.6 Å². The predicted molar refractivity (Wildman–Crippen MR) is 106 cm³/mol. The van der Waals surface area contributed by atoms with Crippen LogP contribution >= 0.6 is 11.6 Å². The third kappa shape index (κ3) is 4.92. The van der Waals surface area contributed by atoms with Gasteiger partial charge in [-0.05, 0) is 35.7 Å². The van der Waals surface area contributed by atoms with Crippen LogP contribution in [0.2, 0.25) is 5.15 Å². The average Bonchev–Trinajstić information content (AvgIpc) is 2.72. The molecule has 1 aromatic carbocycles. The summed E-state index contributed by atoms with van der Waals surface area (Å²) in [6, 6.07) is 17.6. The molecule has 2 aromatic heterocycles. The Labute approximate surface area is 167 Å². The first-order valence-corrected chi connectivity index (χ1v) is 9.02. The Bertz CT molecular complexity index is 934. The van der Waals surface area contributed by atoms with E-state index in [9.17, 15) is 14.7 Å². The summed E-state index contributed by atoms with van der Waals surface area (Å²) in [5.41, 5.74) is 1.49. The lowest BCUT2D eigenvalue weighted by Gasteiger charge is -2.25. The largest absolute Gasteiger partial charge is 0.481 e. The number of aliphatic carboxylic acids is 1. The summed E-state index contributed by atoms with van der Waals surface area (Å²) in [7, 11) is 0. The number of pyridine rings is 2. The molecule has 0 aliphatic carbocycles. The minimum Gasteiger partial charge on any atom is -0.481 e. The summed E-state index contributed by atoms with van der Waals surface area (Å²) in [5, 5.41) is 10.0. The van der Waals surface area contributed by atoms with Gasteiger partial charge in [0.2, 0.25) is 5.91 Å². The Morgan fingerprint density at radius 3 is 2.32 bits per heavy atom. The van der Waals surface area contributed by atoms with E-state index in [2.05, 4.69) is 9.97 Å². The fourth-order valence-corrected chi connectivity index (χ4v) is 2.90. The number of anilines is 1. The number of carbonyl (C=O) groups is 2. The van der Waals surface area contributed by atoms with Crippen LogP contribution in [0.4, 0.5) is 5.82 Å². The molecule has 1 amide bonds. The number of hydrogen-bond acceptors (Lipinski definition) is 4. The molecule has 0 spiro atoms. The highest BCUT2D eigenvalue weighted by molar-refractivity contribution is 6.29. The van der Waals surface area contributed by atoms with E-state index in [1.165, 1.54) is 4.90 Å². The topological polar surface area (TPSA) is 83.4 Å². The third-order valence-corrected chi connectivity index (χ3v) is 4.42. The number of hydrogen-bond donors (Lipinski definition) is 1. The molecule has 0 fully saturated rings. The Hall–Kier alpha value is -3.25. The molecular weight excluding hydrogens is 378 g/mol. The standard InChI is InChI=1S/C21H18ClN3O3/c22-18-10-9-16(13-24-18)14-25(19-8-4-5-11-23-19)20(26)17(21(27)28)12-15-6-2-1-3-7-15/h1-11,13,17H,12,14H2,(H,27,28). The van der Waals surface area contributed by atoms with E-state index in [0.717, 1.165) is 5.56 Å². The number of benzene rings is 1. The minimum atomic E-state index is -1.23. The van der Waals surface area contributed by atoms with Crippen molar-refractivity contribution < 1.29 is 14.7 Å². The smallest absolute Gasteiger partial charge is 0.316 e. The number of carbonyl (C=O) groups excluding carboxylic acids is 1. The van der Waals surface area contributed by atoms with Gasteiger partial charge in [0, 0.05) is 12.4 Å². The SMILES string of the molecule is O=C(O)C(Cc1ccccc1)C(=O)N(Cc1ccc(Cl)nc1)c1ccccn1. The number of carboxylic acids is 1. The first-order chi connectivity index (χ1) is 13.5. The molecule has 0 bridgehead atoms. The van der Waals surface area contributed by atoms with Gasteiger partial charge in [0.05, 0.1) is 6.54 Å². The van der Waals surface area contributed by atoms with Crippen LogP contribution < -0.4 is 4.90 Å². The molecule has 0 aliphatic heterocycles. The van der Waals surface area contributed by atoms with Crippen molar-refractivity contribution in [2.75, 3.05) is 4.90 Å². The third-order valence-electron chi connectivity index (χ3n) is 4.20. The highest BCUT2D eigenvalue weighted by atomic mass is 35.5. The van der Waals surface area contributed by atoms with E-state index in [1.807, 2.05) is 18.2 Å². The van der Waals surface area contributed by atoms with Gasteiger partial charge in [-0.3, -0.25) is 14.5 Å². The van der Waals surface area contributed by atoms with Crippen molar-refractivity contribution in [1.82, 2.24) is 9.97 Å². The van der Waals surface area contributed by atoms with Crippen LogP contribution in [0.1, 0.15) is 11.1 Å². The number of carboxylic acid groups (broad SMARTS) is 1. The molecule has 0 saturated heterocycles. The van der Waals surface area contributed by atoms with Crippen LogP contribution in [-0.2, 0) is 22.6 Å². The van der Waals surface area contributed by atoms with Crippen LogP contribution in [0.25, 0.3) is 0 Å². The van der Waals surface area contributed by atoms with E-state index >= 15 is 0 Å². The number of aromatic nitrogens is 2. The first-order valence-electron chi connectivity index (χ1n) is 8.64. The monoisotopic (exact) mass is 395 g/mol. The van der Waals surface area contributed by atoms with E-state index in [1.54, 1.807) is 54.9 Å². The van der Waals surface area contributed by atoms with Crippen molar-refractivity contribution in [1.29, 1.82) is 0 Å². The van der Waals surface area contributed by atoms with Gasteiger partial charge in [-0.25, -0.2) is 9.97 Å². The Morgan fingerprint density at radius 2 is 1.71 bits per heavy atom. The molecule has 0 saturated carbocycles. The second-order valence-corrected chi connectivity index (χ2v) is 6.57. The van der Waals surface area contributed by atoms with Crippen LogP contribution in [-0.4, -0.2) is 27.0 Å². The number of nitrogens with zero attached hydrogens (tertiary/aromatic N) is 3. The molecule has 7 heteroatoms. The van der Waals surface area contributed by atoms with Crippen LogP contribution in [0.3, 0.4) is 0 Å². The van der Waals surface area contributed by atoms with Crippen molar-refractivity contribution in [3.63, 3.8) is 0 Å². The molecule has 3 aromatic rings. The zero-order valence-electron chi connectivity index (χ0n) is 14.9. The molecule has 28 heavy (non-hydrogen) atoms. The van der Waals surface area contributed by atoms with E-state index in [0.29, 0.717) is 16.5 Å². The Morgan fingerprint density at radius 1 is 0.964 bits per heavy atom. The van der Waals surface area contributed by atoms with Crippen molar-refractivity contribution in [3.05, 3.63) is 89.3 Å². The lowest BCUT2D eigenvalue weighted by molar-refractivity contribution is -0.146. The molecule has 2 heterocycles. The quantitative estimate of drug-likeness (QED) is 0.488. The summed E-state index contributed by atoms with van der Waals surface area (Å²) >= 11 is 5.83. The van der Waals surface area contributed by atoms with Gasteiger partial charge in [0.1, 0.15) is 16.9 Å². The fraction of sp³-hybridized carbons (Fsp3) is 0.143. The van der Waals surface area contributed by atoms with Gasteiger partial charge in [0.15, 0.2) is 0 Å². The van der Waals surface area contributed by atoms with Gasteiger partial charge in [-0.2, -0.15) is 0 Å². The van der Waals surface area contributed by atoms with Crippen molar-refractivity contribution in [3.8, 4) is 0 Å². The number of halogens is 1. The number of rotatable bonds is 7. The zero-order valence-corrected chi connectivity index (χ0v) is 15.7. The van der Waals surface area contributed by atoms with Crippen molar-refractivity contribution in [2.45, 2.75) is 13.0 Å².